The lowest BCUT2D eigenvalue weighted by Gasteiger charge is -2.10. The van der Waals surface area contributed by atoms with Gasteiger partial charge in [0.1, 0.15) is 5.84 Å². The van der Waals surface area contributed by atoms with E-state index in [4.69, 9.17) is 16.6 Å². The monoisotopic (exact) mass is 264 g/mol. The molecule has 0 radical (unpaired) electrons. The smallest absolute Gasteiger partial charge is 0.101 e. The van der Waals surface area contributed by atoms with Crippen molar-refractivity contribution in [2.75, 3.05) is 5.32 Å². The summed E-state index contributed by atoms with van der Waals surface area (Å²) in [5.74, 6) is 1.82. The van der Waals surface area contributed by atoms with E-state index in [0.717, 1.165) is 28.5 Å². The molecule has 0 bridgehead atoms. The molecule has 0 saturated carbocycles. The van der Waals surface area contributed by atoms with Crippen molar-refractivity contribution in [3.63, 3.8) is 0 Å². The number of halogens is 1. The Hall–Kier alpha value is -1.02. The predicted octanol–water partition coefficient (Wildman–Crippen LogP) is 4.67. The van der Waals surface area contributed by atoms with Crippen LogP contribution in [0.15, 0.2) is 23.2 Å². The van der Waals surface area contributed by atoms with E-state index in [9.17, 15) is 0 Å². The molecule has 0 unspecified atom stereocenters. The van der Waals surface area contributed by atoms with Crippen molar-refractivity contribution in [2.45, 2.75) is 46.1 Å². The summed E-state index contributed by atoms with van der Waals surface area (Å²) in [6, 6.07) is 6.44. The fourth-order valence-electron chi connectivity index (χ4n) is 2.36. The maximum atomic E-state index is 6.12. The summed E-state index contributed by atoms with van der Waals surface area (Å²) in [5, 5.41) is 4.22. The number of nitrogens with one attached hydrogen (secondary N) is 1. The molecule has 3 heteroatoms. The van der Waals surface area contributed by atoms with Crippen molar-refractivity contribution >= 4 is 23.1 Å². The van der Waals surface area contributed by atoms with Crippen LogP contribution in [0.1, 0.15) is 38.7 Å². The third kappa shape index (κ3) is 3.26. The van der Waals surface area contributed by atoms with Gasteiger partial charge in [0.2, 0.25) is 0 Å². The Bertz CT molecular complexity index is 452. The minimum Gasteiger partial charge on any atom is -0.344 e. The Kier molecular flexibility index (Phi) is 4.28. The summed E-state index contributed by atoms with van der Waals surface area (Å²) in [6.45, 7) is 6.54. The Morgan fingerprint density at radius 2 is 2.22 bits per heavy atom. The predicted molar refractivity (Wildman–Crippen MR) is 79.7 cm³/mol. The van der Waals surface area contributed by atoms with Crippen LogP contribution in [-0.2, 0) is 0 Å². The second-order valence-electron chi connectivity index (χ2n) is 5.44. The first-order valence-corrected chi connectivity index (χ1v) is 7.03. The van der Waals surface area contributed by atoms with Crippen LogP contribution in [0.5, 0.6) is 0 Å². The normalized spacial score (nSPS) is 19.2. The van der Waals surface area contributed by atoms with Gasteiger partial charge >= 0.3 is 0 Å². The summed E-state index contributed by atoms with van der Waals surface area (Å²) in [7, 11) is 0. The Labute approximate surface area is 114 Å². The number of hydrogen-bond donors (Lipinski definition) is 1. The van der Waals surface area contributed by atoms with E-state index >= 15 is 0 Å². The van der Waals surface area contributed by atoms with Gasteiger partial charge in [0.05, 0.1) is 6.04 Å². The van der Waals surface area contributed by atoms with Crippen LogP contribution < -0.4 is 5.32 Å². The van der Waals surface area contributed by atoms with Crippen LogP contribution in [0.4, 0.5) is 5.69 Å². The van der Waals surface area contributed by atoms with Crippen molar-refractivity contribution < 1.29 is 0 Å². The average molecular weight is 265 g/mol. The minimum atomic E-state index is 0.493. The number of amidine groups is 1. The van der Waals surface area contributed by atoms with E-state index in [1.165, 1.54) is 12.8 Å². The maximum absolute atomic E-state index is 6.12. The molecule has 98 valence electrons. The highest BCUT2D eigenvalue weighted by molar-refractivity contribution is 6.31. The third-order valence-corrected chi connectivity index (χ3v) is 3.75. The number of hydrogen-bond acceptors (Lipinski definition) is 2. The van der Waals surface area contributed by atoms with Gasteiger partial charge in [-0.1, -0.05) is 31.5 Å². The topological polar surface area (TPSA) is 24.4 Å². The van der Waals surface area contributed by atoms with E-state index in [0.29, 0.717) is 12.0 Å². The summed E-state index contributed by atoms with van der Waals surface area (Å²) < 4.78 is 0. The second kappa shape index (κ2) is 5.75. The van der Waals surface area contributed by atoms with Crippen molar-refractivity contribution in [1.82, 2.24) is 0 Å². The summed E-state index contributed by atoms with van der Waals surface area (Å²) in [5.41, 5.74) is 2.17. The zero-order valence-corrected chi connectivity index (χ0v) is 12.1. The van der Waals surface area contributed by atoms with Crippen LogP contribution in [-0.4, -0.2) is 11.9 Å². The van der Waals surface area contributed by atoms with E-state index in [1.807, 2.05) is 19.1 Å². The van der Waals surface area contributed by atoms with E-state index in [1.54, 1.807) is 0 Å². The minimum absolute atomic E-state index is 0.493. The first-order chi connectivity index (χ1) is 8.56. The molecule has 0 aliphatic carbocycles. The lowest BCUT2D eigenvalue weighted by atomic mass is 10.0. The lowest BCUT2D eigenvalue weighted by Crippen LogP contribution is -2.09. The molecule has 0 saturated heterocycles. The number of rotatable bonds is 3. The largest absolute Gasteiger partial charge is 0.344 e. The molecule has 1 atom stereocenters. The molecular formula is C15H21ClN2. The highest BCUT2D eigenvalue weighted by atomic mass is 35.5. The van der Waals surface area contributed by atoms with E-state index in [2.05, 4.69) is 25.2 Å². The number of aliphatic imine (C=N–C) groups is 1. The molecule has 0 fully saturated rings. The molecule has 1 aliphatic rings. The third-order valence-electron chi connectivity index (χ3n) is 3.34. The molecule has 0 amide bonds. The van der Waals surface area contributed by atoms with Crippen LogP contribution in [0, 0.1) is 12.8 Å². The highest BCUT2D eigenvalue weighted by Gasteiger charge is 2.18. The first-order valence-electron chi connectivity index (χ1n) is 6.65. The van der Waals surface area contributed by atoms with Crippen LogP contribution >= 0.6 is 11.6 Å². The van der Waals surface area contributed by atoms with Crippen molar-refractivity contribution in [3.05, 3.63) is 28.8 Å². The van der Waals surface area contributed by atoms with Gasteiger partial charge in [0.15, 0.2) is 0 Å². The van der Waals surface area contributed by atoms with Gasteiger partial charge in [-0.2, -0.15) is 0 Å². The maximum Gasteiger partial charge on any atom is 0.101 e. The molecular weight excluding hydrogens is 244 g/mol. The van der Waals surface area contributed by atoms with Gasteiger partial charge in [-0.3, -0.25) is 4.99 Å². The molecule has 1 aromatic rings. The molecule has 18 heavy (non-hydrogen) atoms. The first kappa shape index (κ1) is 13.4. The van der Waals surface area contributed by atoms with Crippen molar-refractivity contribution in [1.29, 1.82) is 0 Å². The number of nitrogens with zero attached hydrogens (tertiary/aromatic N) is 1. The SMILES string of the molecule is Cc1c(Cl)cccc1NC1=N[C@@H](CC(C)C)CC1. The molecule has 0 spiro atoms. The molecule has 2 nitrogen and oxygen atoms in total. The quantitative estimate of drug-likeness (QED) is 0.843. The zero-order valence-electron chi connectivity index (χ0n) is 11.3. The summed E-state index contributed by atoms with van der Waals surface area (Å²) in [6.07, 6.45) is 3.39. The highest BCUT2D eigenvalue weighted by Crippen LogP contribution is 2.26. The van der Waals surface area contributed by atoms with Crippen LogP contribution in [0.2, 0.25) is 5.02 Å². The average Bonchev–Trinajstić information content (AvgIpc) is 2.71. The number of benzene rings is 1. The van der Waals surface area contributed by atoms with Crippen LogP contribution in [0.3, 0.4) is 0 Å². The lowest BCUT2D eigenvalue weighted by molar-refractivity contribution is 0.496. The Morgan fingerprint density at radius 3 is 2.94 bits per heavy atom. The second-order valence-corrected chi connectivity index (χ2v) is 5.84. The standard InChI is InChI=1S/C15H21ClN2/c1-10(2)9-12-7-8-15(17-12)18-14-6-4-5-13(16)11(14)3/h4-6,10,12H,7-9H2,1-3H3,(H,17,18)/t12-/m1/s1. The van der Waals surface area contributed by atoms with Gasteiger partial charge in [-0.05, 0) is 43.4 Å². The van der Waals surface area contributed by atoms with Crippen molar-refractivity contribution in [3.8, 4) is 0 Å². The zero-order chi connectivity index (χ0) is 13.1. The molecule has 2 rings (SSSR count). The molecule has 1 aliphatic heterocycles. The van der Waals surface area contributed by atoms with E-state index < -0.39 is 0 Å². The molecule has 1 aromatic carbocycles. The molecule has 0 aromatic heterocycles. The summed E-state index contributed by atoms with van der Waals surface area (Å²) >= 11 is 6.12. The fraction of sp³-hybridized carbons (Fsp3) is 0.533. The Balaban J connectivity index is 2.04. The van der Waals surface area contributed by atoms with Gasteiger partial charge in [-0.25, -0.2) is 0 Å². The van der Waals surface area contributed by atoms with E-state index in [-0.39, 0.29) is 0 Å². The van der Waals surface area contributed by atoms with Crippen molar-refractivity contribution in [2.24, 2.45) is 10.9 Å². The molecule has 1 heterocycles. The number of anilines is 1. The Morgan fingerprint density at radius 1 is 1.44 bits per heavy atom. The van der Waals surface area contributed by atoms with Gasteiger partial charge in [0, 0.05) is 17.1 Å². The van der Waals surface area contributed by atoms with Crippen LogP contribution in [0.25, 0.3) is 0 Å². The van der Waals surface area contributed by atoms with Gasteiger partial charge < -0.3 is 5.32 Å². The summed E-state index contributed by atoms with van der Waals surface area (Å²) in [4.78, 5) is 4.76. The fourth-order valence-corrected chi connectivity index (χ4v) is 2.54. The molecule has 1 N–H and O–H groups in total. The van der Waals surface area contributed by atoms with Gasteiger partial charge in [0.25, 0.3) is 0 Å². The van der Waals surface area contributed by atoms with Gasteiger partial charge in [-0.15, -0.1) is 0 Å².